The van der Waals surface area contributed by atoms with Gasteiger partial charge in [-0.25, -0.2) is 4.98 Å². The van der Waals surface area contributed by atoms with Crippen molar-refractivity contribution < 1.29 is 9.53 Å². The number of hydrogen-bond acceptors (Lipinski definition) is 5. The Hall–Kier alpha value is -1.54. The average Bonchev–Trinajstić information content (AvgIpc) is 2.28. The van der Waals surface area contributed by atoms with E-state index in [1.807, 2.05) is 26.8 Å². The summed E-state index contributed by atoms with van der Waals surface area (Å²) in [5.74, 6) is -0.252. The summed E-state index contributed by atoms with van der Waals surface area (Å²) < 4.78 is 4.62. The third-order valence-corrected chi connectivity index (χ3v) is 3.51. The maximum absolute atomic E-state index is 11.2. The normalized spacial score (nSPS) is 11.7. The van der Waals surface area contributed by atoms with Crippen LogP contribution in [0.25, 0.3) is 0 Å². The summed E-state index contributed by atoms with van der Waals surface area (Å²) in [6, 6.07) is 4.05. The summed E-state index contributed by atoms with van der Waals surface area (Å²) in [7, 11) is 1.37. The van der Waals surface area contributed by atoms with Crippen LogP contribution in [0.15, 0.2) is 11.1 Å². The van der Waals surface area contributed by atoms with Gasteiger partial charge in [0, 0.05) is 10.9 Å². The van der Waals surface area contributed by atoms with Gasteiger partial charge in [0.05, 0.1) is 19.1 Å². The molecule has 0 aliphatic carbocycles. The van der Waals surface area contributed by atoms with Crippen LogP contribution in [-0.2, 0) is 9.53 Å². The van der Waals surface area contributed by atoms with E-state index in [1.165, 1.54) is 18.9 Å². The Balaban J connectivity index is 2.90. The molecule has 18 heavy (non-hydrogen) atoms. The Kier molecular flexibility index (Phi) is 5.17. The molecular formula is C13H16N2O2S. The fourth-order valence-corrected chi connectivity index (χ4v) is 2.70. The highest BCUT2D eigenvalue weighted by molar-refractivity contribution is 7.99. The van der Waals surface area contributed by atoms with E-state index in [2.05, 4.69) is 15.8 Å². The van der Waals surface area contributed by atoms with Crippen molar-refractivity contribution >= 4 is 17.7 Å². The van der Waals surface area contributed by atoms with Gasteiger partial charge < -0.3 is 4.74 Å². The summed E-state index contributed by atoms with van der Waals surface area (Å²) >= 11 is 1.43. The molecule has 1 aromatic rings. The molecule has 1 rings (SSSR count). The first-order valence-corrected chi connectivity index (χ1v) is 6.47. The molecule has 0 saturated heterocycles. The number of esters is 1. The zero-order valence-electron chi connectivity index (χ0n) is 11.0. The van der Waals surface area contributed by atoms with Crippen LogP contribution in [0, 0.1) is 25.2 Å². The molecule has 0 radical (unpaired) electrons. The Morgan fingerprint density at radius 3 is 2.83 bits per heavy atom. The Bertz CT molecular complexity index is 494. The van der Waals surface area contributed by atoms with E-state index in [0.29, 0.717) is 17.0 Å². The van der Waals surface area contributed by atoms with Crippen LogP contribution in [-0.4, -0.2) is 23.3 Å². The van der Waals surface area contributed by atoms with Crippen LogP contribution in [0.1, 0.15) is 30.2 Å². The molecule has 0 bridgehead atoms. The summed E-state index contributed by atoms with van der Waals surface area (Å²) in [5, 5.41) is 9.85. The molecule has 4 nitrogen and oxygen atoms in total. The van der Waals surface area contributed by atoms with E-state index in [0.717, 1.165) is 11.3 Å². The lowest BCUT2D eigenvalue weighted by molar-refractivity contribution is -0.140. The first kappa shape index (κ1) is 14.5. The number of carbonyl (C=O) groups is 1. The van der Waals surface area contributed by atoms with E-state index in [1.54, 1.807) is 0 Å². The second-order valence-electron chi connectivity index (χ2n) is 4.08. The third kappa shape index (κ3) is 3.74. The summed E-state index contributed by atoms with van der Waals surface area (Å²) in [6.45, 7) is 5.70. The number of hydrogen-bond donors (Lipinski definition) is 0. The molecule has 1 unspecified atom stereocenters. The number of rotatable bonds is 4. The molecular weight excluding hydrogens is 248 g/mol. The van der Waals surface area contributed by atoms with Crippen molar-refractivity contribution in [2.75, 3.05) is 7.11 Å². The van der Waals surface area contributed by atoms with E-state index in [-0.39, 0.29) is 11.2 Å². The van der Waals surface area contributed by atoms with Gasteiger partial charge in [-0.1, -0.05) is 6.92 Å². The Labute approximate surface area is 111 Å². The van der Waals surface area contributed by atoms with Crippen molar-refractivity contribution in [3.63, 3.8) is 0 Å². The van der Waals surface area contributed by atoms with Gasteiger partial charge in [-0.2, -0.15) is 5.26 Å². The van der Waals surface area contributed by atoms with E-state index in [4.69, 9.17) is 5.26 Å². The highest BCUT2D eigenvalue weighted by Gasteiger charge is 2.15. The van der Waals surface area contributed by atoms with E-state index >= 15 is 0 Å². The highest BCUT2D eigenvalue weighted by atomic mass is 32.2. The minimum Gasteiger partial charge on any atom is -0.469 e. The van der Waals surface area contributed by atoms with Gasteiger partial charge in [-0.3, -0.25) is 4.79 Å². The minimum atomic E-state index is -0.252. The number of thioether (sulfide) groups is 1. The first-order valence-electron chi connectivity index (χ1n) is 5.59. The molecule has 0 amide bonds. The van der Waals surface area contributed by atoms with Crippen LogP contribution < -0.4 is 0 Å². The van der Waals surface area contributed by atoms with Crippen LogP contribution in [0.3, 0.4) is 0 Å². The number of carbonyl (C=O) groups excluding carboxylic acids is 1. The second-order valence-corrected chi connectivity index (χ2v) is 5.51. The van der Waals surface area contributed by atoms with Crippen LogP contribution in [0.5, 0.6) is 0 Å². The van der Waals surface area contributed by atoms with Gasteiger partial charge in [0.25, 0.3) is 0 Å². The zero-order valence-corrected chi connectivity index (χ0v) is 11.8. The van der Waals surface area contributed by atoms with Gasteiger partial charge in [0.1, 0.15) is 11.1 Å². The predicted molar refractivity (Wildman–Crippen MR) is 70.4 cm³/mol. The summed E-state index contributed by atoms with van der Waals surface area (Å²) in [4.78, 5) is 15.5. The zero-order chi connectivity index (χ0) is 13.7. The molecule has 0 aliphatic heterocycles. The van der Waals surface area contributed by atoms with Crippen molar-refractivity contribution in [2.24, 2.45) is 0 Å². The van der Waals surface area contributed by atoms with E-state index < -0.39 is 0 Å². The number of ether oxygens (including phenoxy) is 1. The Morgan fingerprint density at radius 2 is 2.28 bits per heavy atom. The number of aryl methyl sites for hydroxylation is 2. The highest BCUT2D eigenvalue weighted by Crippen LogP contribution is 2.28. The molecule has 0 spiro atoms. The number of aromatic nitrogens is 1. The minimum absolute atomic E-state index is 0.0262. The van der Waals surface area contributed by atoms with Crippen molar-refractivity contribution in [1.82, 2.24) is 4.98 Å². The molecule has 0 saturated carbocycles. The number of pyridine rings is 1. The smallest absolute Gasteiger partial charge is 0.306 e. The molecule has 96 valence electrons. The molecule has 0 aliphatic rings. The quantitative estimate of drug-likeness (QED) is 0.618. The van der Waals surface area contributed by atoms with Crippen molar-refractivity contribution in [1.29, 1.82) is 5.26 Å². The third-order valence-electron chi connectivity index (χ3n) is 2.42. The fraction of sp³-hybridized carbons (Fsp3) is 0.462. The lowest BCUT2D eigenvalue weighted by atomic mass is 10.1. The van der Waals surface area contributed by atoms with Gasteiger partial charge in [0.2, 0.25) is 0 Å². The summed E-state index contributed by atoms with van der Waals surface area (Å²) in [5.41, 5.74) is 2.37. The van der Waals surface area contributed by atoms with E-state index in [9.17, 15) is 4.79 Å². The second kappa shape index (κ2) is 6.41. The largest absolute Gasteiger partial charge is 0.469 e. The molecule has 1 aromatic heterocycles. The van der Waals surface area contributed by atoms with Crippen LogP contribution >= 0.6 is 11.8 Å². The maximum atomic E-state index is 11.2. The standard InChI is InChI=1S/C13H16N2O2S/c1-8-5-9(2)15-13(11(8)7-14)18-10(3)6-12(16)17-4/h5,10H,6H2,1-4H3. The van der Waals surface area contributed by atoms with Gasteiger partial charge >= 0.3 is 5.97 Å². The monoisotopic (exact) mass is 264 g/mol. The number of nitriles is 1. The topological polar surface area (TPSA) is 63.0 Å². The van der Waals surface area contributed by atoms with Crippen molar-refractivity contribution in [2.45, 2.75) is 37.5 Å². The lowest BCUT2D eigenvalue weighted by Gasteiger charge is -2.12. The van der Waals surface area contributed by atoms with Crippen LogP contribution in [0.4, 0.5) is 0 Å². The summed E-state index contributed by atoms with van der Waals surface area (Å²) in [6.07, 6.45) is 0.306. The molecule has 0 aromatic carbocycles. The van der Waals surface area contributed by atoms with Crippen LogP contribution in [0.2, 0.25) is 0 Å². The average molecular weight is 264 g/mol. The van der Waals surface area contributed by atoms with Crippen molar-refractivity contribution in [3.8, 4) is 6.07 Å². The van der Waals surface area contributed by atoms with Crippen molar-refractivity contribution in [3.05, 3.63) is 22.9 Å². The van der Waals surface area contributed by atoms with Gasteiger partial charge in [-0.15, -0.1) is 11.8 Å². The molecule has 1 heterocycles. The van der Waals surface area contributed by atoms with Gasteiger partial charge in [-0.05, 0) is 25.5 Å². The molecule has 5 heteroatoms. The molecule has 0 fully saturated rings. The number of methoxy groups -OCH3 is 1. The molecule has 0 N–H and O–H groups in total. The maximum Gasteiger partial charge on any atom is 0.306 e. The Morgan fingerprint density at radius 1 is 1.61 bits per heavy atom. The fourth-order valence-electron chi connectivity index (χ4n) is 1.57. The molecule has 1 atom stereocenters. The first-order chi connectivity index (χ1) is 8.47. The number of nitrogens with zero attached hydrogens (tertiary/aromatic N) is 2. The van der Waals surface area contributed by atoms with Gasteiger partial charge in [0.15, 0.2) is 0 Å². The lowest BCUT2D eigenvalue weighted by Crippen LogP contribution is -2.09. The SMILES string of the molecule is COC(=O)CC(C)Sc1nc(C)cc(C)c1C#N. The predicted octanol–water partition coefficient (Wildman–Crippen LogP) is 2.61.